The van der Waals surface area contributed by atoms with Gasteiger partial charge in [0.2, 0.25) is 0 Å². The molecule has 0 aliphatic carbocycles. The van der Waals surface area contributed by atoms with Gasteiger partial charge in [0.15, 0.2) is 5.82 Å². The lowest BCUT2D eigenvalue weighted by Gasteiger charge is -2.42. The summed E-state index contributed by atoms with van der Waals surface area (Å²) in [5, 5.41) is 2.36. The van der Waals surface area contributed by atoms with Crippen molar-refractivity contribution in [1.29, 1.82) is 0 Å². The van der Waals surface area contributed by atoms with Crippen LogP contribution in [0.1, 0.15) is 46.5 Å². The Kier molecular flexibility index (Phi) is 7.82. The molecule has 0 radical (unpaired) electrons. The maximum atomic E-state index is 16.8. The highest BCUT2D eigenvalue weighted by Crippen LogP contribution is 2.43. The second-order valence-corrected chi connectivity index (χ2v) is 15.3. The van der Waals surface area contributed by atoms with Crippen molar-refractivity contribution in [1.82, 2.24) is 24.8 Å². The summed E-state index contributed by atoms with van der Waals surface area (Å²) in [6, 6.07) is 10.6. The minimum atomic E-state index is -1.08. The SMILES string of the molecule is CC(C)(C)OC(=O)N1[C@@H]2CC[C@H]1CN(c1nc(OCC34CC(F)CN3CC(F)C4)nc3c(F)c(-c4cccc5cccc(Cl)c45)ncc13)C2. The molecule has 2 unspecified atom stereocenters. The summed E-state index contributed by atoms with van der Waals surface area (Å²) in [7, 11) is 0. The van der Waals surface area contributed by atoms with Gasteiger partial charge in [0, 0.05) is 61.2 Å². The van der Waals surface area contributed by atoms with Gasteiger partial charge in [0.05, 0.1) is 23.0 Å². The van der Waals surface area contributed by atoms with E-state index >= 15 is 4.39 Å². The van der Waals surface area contributed by atoms with Crippen LogP contribution in [0.4, 0.5) is 23.8 Å². The Labute approximate surface area is 287 Å². The normalized spacial score (nSPS) is 26.9. The van der Waals surface area contributed by atoms with Gasteiger partial charge in [-0.3, -0.25) is 14.8 Å². The molecule has 4 atom stereocenters. The molecule has 4 saturated heterocycles. The molecule has 2 bridgehead atoms. The van der Waals surface area contributed by atoms with Crippen molar-refractivity contribution in [3.63, 3.8) is 0 Å². The summed E-state index contributed by atoms with van der Waals surface area (Å²) < 4.78 is 57.9. The van der Waals surface area contributed by atoms with E-state index in [9.17, 15) is 13.6 Å². The summed E-state index contributed by atoms with van der Waals surface area (Å²) in [5.41, 5.74) is -0.848. The monoisotopic (exact) mass is 694 g/mol. The zero-order valence-electron chi connectivity index (χ0n) is 27.6. The molecule has 6 heterocycles. The third-order valence-corrected chi connectivity index (χ3v) is 10.6. The predicted molar refractivity (Wildman–Crippen MR) is 181 cm³/mol. The van der Waals surface area contributed by atoms with Crippen LogP contribution in [0, 0.1) is 5.82 Å². The van der Waals surface area contributed by atoms with Crippen molar-refractivity contribution >= 4 is 45.2 Å². The number of rotatable bonds is 5. The first-order valence-corrected chi connectivity index (χ1v) is 17.2. The number of pyridine rings is 1. The van der Waals surface area contributed by atoms with Crippen molar-refractivity contribution in [3.05, 3.63) is 53.4 Å². The molecule has 4 aliphatic rings. The fourth-order valence-electron chi connectivity index (χ4n) is 8.34. The maximum absolute atomic E-state index is 16.8. The van der Waals surface area contributed by atoms with Crippen molar-refractivity contribution in [2.45, 2.75) is 82.0 Å². The first kappa shape index (κ1) is 32.3. The van der Waals surface area contributed by atoms with Gasteiger partial charge in [-0.15, -0.1) is 0 Å². The van der Waals surface area contributed by atoms with Crippen LogP contribution < -0.4 is 9.64 Å². The minimum Gasteiger partial charge on any atom is -0.461 e. The number of carbonyl (C=O) groups is 1. The molecule has 1 amide bonds. The van der Waals surface area contributed by atoms with Gasteiger partial charge < -0.3 is 14.4 Å². The number of hydrogen-bond donors (Lipinski definition) is 0. The molecular formula is C36H38ClF3N6O3. The summed E-state index contributed by atoms with van der Waals surface area (Å²) in [6.07, 6.45) is 0.926. The van der Waals surface area contributed by atoms with Gasteiger partial charge in [0.1, 0.15) is 41.6 Å². The molecule has 0 saturated carbocycles. The lowest BCUT2D eigenvalue weighted by atomic mass is 9.94. The van der Waals surface area contributed by atoms with E-state index in [-0.39, 0.29) is 67.9 Å². The number of piperazine rings is 1. The third kappa shape index (κ3) is 5.70. The van der Waals surface area contributed by atoms with E-state index in [0.717, 1.165) is 18.2 Å². The molecule has 4 aliphatic heterocycles. The van der Waals surface area contributed by atoms with Crippen molar-refractivity contribution in [3.8, 4) is 17.3 Å². The van der Waals surface area contributed by atoms with Crippen LogP contribution in [-0.4, -0.2) is 99.2 Å². The van der Waals surface area contributed by atoms with E-state index in [1.165, 1.54) is 0 Å². The molecule has 49 heavy (non-hydrogen) atoms. The van der Waals surface area contributed by atoms with Crippen LogP contribution >= 0.6 is 11.6 Å². The zero-order valence-corrected chi connectivity index (χ0v) is 28.4. The lowest BCUT2D eigenvalue weighted by molar-refractivity contribution is 0.0122. The third-order valence-electron chi connectivity index (χ3n) is 10.3. The fraction of sp³-hybridized carbons (Fsp3) is 0.500. The molecule has 2 aromatic heterocycles. The highest BCUT2D eigenvalue weighted by molar-refractivity contribution is 6.36. The smallest absolute Gasteiger partial charge is 0.410 e. The summed E-state index contributed by atoms with van der Waals surface area (Å²) in [4.78, 5) is 32.8. The van der Waals surface area contributed by atoms with Gasteiger partial charge in [-0.1, -0.05) is 41.9 Å². The standard InChI is InChI=1S/C36H38ClF3N6O3/c1-35(2,3)49-34(47)46-23-10-11-24(46)18-44(17-23)32-26-14-41-30(25-8-4-6-20-7-5-9-27(37)28(20)25)29(40)31(26)42-33(43-32)48-19-36-12-21(38)15-45(36)16-22(39)13-36/h4-9,14,21-24H,10-13,15-19H2,1-3H3/t21?,22?,23-,24+,36?. The summed E-state index contributed by atoms with van der Waals surface area (Å²) >= 11 is 6.61. The van der Waals surface area contributed by atoms with Gasteiger partial charge in [-0.2, -0.15) is 9.97 Å². The van der Waals surface area contributed by atoms with Gasteiger partial charge in [-0.05, 0) is 45.1 Å². The van der Waals surface area contributed by atoms with E-state index < -0.39 is 29.3 Å². The van der Waals surface area contributed by atoms with Gasteiger partial charge in [0.25, 0.3) is 0 Å². The number of halogens is 4. The molecule has 9 nitrogen and oxygen atoms in total. The number of amides is 1. The van der Waals surface area contributed by atoms with Crippen molar-refractivity contribution in [2.75, 3.05) is 37.7 Å². The van der Waals surface area contributed by atoms with E-state index in [1.54, 1.807) is 18.3 Å². The van der Waals surface area contributed by atoms with E-state index in [0.29, 0.717) is 40.3 Å². The van der Waals surface area contributed by atoms with Crippen LogP contribution in [0.3, 0.4) is 0 Å². The Bertz CT molecular complexity index is 1930. The molecule has 258 valence electrons. The number of fused-ring (bicyclic) bond motifs is 5. The molecule has 8 rings (SSSR count). The molecule has 13 heteroatoms. The predicted octanol–water partition coefficient (Wildman–Crippen LogP) is 7.13. The van der Waals surface area contributed by atoms with Crippen molar-refractivity contribution in [2.24, 2.45) is 0 Å². The average molecular weight is 695 g/mol. The molecular weight excluding hydrogens is 657 g/mol. The van der Waals surface area contributed by atoms with Crippen molar-refractivity contribution < 1.29 is 27.4 Å². The first-order chi connectivity index (χ1) is 23.4. The van der Waals surface area contributed by atoms with Crippen LogP contribution in [0.2, 0.25) is 5.02 Å². The largest absolute Gasteiger partial charge is 0.461 e. The maximum Gasteiger partial charge on any atom is 0.410 e. The highest BCUT2D eigenvalue weighted by atomic mass is 35.5. The van der Waals surface area contributed by atoms with Gasteiger partial charge in [-0.25, -0.2) is 18.0 Å². The average Bonchev–Trinajstić information content (AvgIpc) is 3.61. The molecule has 4 fully saturated rings. The molecule has 4 aromatic rings. The Hall–Kier alpha value is -3.90. The number of nitrogens with zero attached hydrogens (tertiary/aromatic N) is 6. The Morgan fingerprint density at radius 2 is 1.67 bits per heavy atom. The Morgan fingerprint density at radius 3 is 2.35 bits per heavy atom. The number of ether oxygens (including phenoxy) is 2. The van der Waals surface area contributed by atoms with E-state index in [2.05, 4.69) is 9.97 Å². The summed E-state index contributed by atoms with van der Waals surface area (Å²) in [5.74, 6) is -0.239. The fourth-order valence-corrected chi connectivity index (χ4v) is 8.62. The van der Waals surface area contributed by atoms with Crippen LogP contribution in [0.15, 0.2) is 42.6 Å². The number of anilines is 1. The van der Waals surface area contributed by atoms with Crippen LogP contribution in [0.5, 0.6) is 6.01 Å². The Morgan fingerprint density at radius 1 is 1.00 bits per heavy atom. The topological polar surface area (TPSA) is 83.9 Å². The number of aromatic nitrogens is 3. The van der Waals surface area contributed by atoms with E-state index in [4.69, 9.17) is 26.1 Å². The van der Waals surface area contributed by atoms with Crippen LogP contribution in [-0.2, 0) is 4.74 Å². The molecule has 0 spiro atoms. The molecule has 2 aromatic carbocycles. The summed E-state index contributed by atoms with van der Waals surface area (Å²) in [6.45, 7) is 6.67. The number of hydrogen-bond acceptors (Lipinski definition) is 8. The zero-order chi connectivity index (χ0) is 34.2. The highest BCUT2D eigenvalue weighted by Gasteiger charge is 2.53. The number of benzene rings is 2. The van der Waals surface area contributed by atoms with E-state index in [1.807, 2.05) is 59.7 Å². The quantitative estimate of drug-likeness (QED) is 0.218. The lowest BCUT2D eigenvalue weighted by Crippen LogP contribution is -2.57. The van der Waals surface area contributed by atoms with Crippen LogP contribution in [0.25, 0.3) is 32.9 Å². The van der Waals surface area contributed by atoms with Gasteiger partial charge >= 0.3 is 12.1 Å². The Balaban J connectivity index is 1.20. The number of alkyl halides is 2. The molecule has 0 N–H and O–H groups in total. The minimum absolute atomic E-state index is 0.00918. The first-order valence-electron chi connectivity index (χ1n) is 16.9. The second-order valence-electron chi connectivity index (χ2n) is 14.9. The second kappa shape index (κ2) is 11.9. The number of carbonyl (C=O) groups excluding carboxylic acids is 1.